The van der Waals surface area contributed by atoms with Crippen LogP contribution in [0.25, 0.3) is 0 Å². The smallest absolute Gasteiger partial charge is 0.469 e. The van der Waals surface area contributed by atoms with E-state index in [0.717, 1.165) is 25.7 Å². The maximum absolute atomic E-state index is 11.6. The Morgan fingerprint density at radius 2 is 1.88 bits per heavy atom. The van der Waals surface area contributed by atoms with Gasteiger partial charge in [0.15, 0.2) is 6.23 Å². The fourth-order valence-electron chi connectivity index (χ4n) is 1.89. The van der Waals surface area contributed by atoms with Gasteiger partial charge in [0.25, 0.3) is 0 Å². The van der Waals surface area contributed by atoms with E-state index in [4.69, 9.17) is 9.47 Å². The quantitative estimate of drug-likeness (QED) is 0.352. The molecule has 0 fully saturated rings. The van der Waals surface area contributed by atoms with E-state index in [-0.39, 0.29) is 13.0 Å². The van der Waals surface area contributed by atoms with Crippen LogP contribution in [0.2, 0.25) is 0 Å². The van der Waals surface area contributed by atoms with E-state index < -0.39 is 24.3 Å². The summed E-state index contributed by atoms with van der Waals surface area (Å²) in [6.07, 6.45) is 5.76. The molecule has 0 aromatic carbocycles. The SMILES string of the molecule is CCC=CCCC(C)CCOC(=O)OC(CC(=O)OC)NC(C)=O. The summed E-state index contributed by atoms with van der Waals surface area (Å²) in [7, 11) is 1.21. The molecule has 0 aliphatic heterocycles. The molecule has 0 rings (SSSR count). The van der Waals surface area contributed by atoms with E-state index >= 15 is 0 Å². The van der Waals surface area contributed by atoms with Crippen LogP contribution < -0.4 is 5.32 Å². The lowest BCUT2D eigenvalue weighted by Crippen LogP contribution is -2.39. The summed E-state index contributed by atoms with van der Waals surface area (Å²) < 4.78 is 14.4. The zero-order chi connectivity index (χ0) is 18.4. The van der Waals surface area contributed by atoms with Crippen LogP contribution in [0.4, 0.5) is 4.79 Å². The summed E-state index contributed by atoms with van der Waals surface area (Å²) in [5, 5.41) is 2.34. The van der Waals surface area contributed by atoms with Crippen LogP contribution in [0.5, 0.6) is 0 Å². The summed E-state index contributed by atoms with van der Waals surface area (Å²) in [5.41, 5.74) is 0. The van der Waals surface area contributed by atoms with Crippen molar-refractivity contribution in [1.29, 1.82) is 0 Å². The topological polar surface area (TPSA) is 90.9 Å². The molecule has 2 atom stereocenters. The van der Waals surface area contributed by atoms with Gasteiger partial charge in [0, 0.05) is 6.92 Å². The van der Waals surface area contributed by atoms with Crippen LogP contribution in [-0.2, 0) is 23.8 Å². The Morgan fingerprint density at radius 3 is 2.46 bits per heavy atom. The molecule has 2 unspecified atom stereocenters. The zero-order valence-corrected chi connectivity index (χ0v) is 15.0. The van der Waals surface area contributed by atoms with Gasteiger partial charge in [0.05, 0.1) is 13.7 Å². The number of nitrogens with one attached hydrogen (secondary N) is 1. The second-order valence-electron chi connectivity index (χ2n) is 5.54. The molecule has 0 radical (unpaired) electrons. The highest BCUT2D eigenvalue weighted by Gasteiger charge is 2.20. The van der Waals surface area contributed by atoms with E-state index in [0.29, 0.717) is 5.92 Å². The van der Waals surface area contributed by atoms with Gasteiger partial charge in [-0.15, -0.1) is 0 Å². The summed E-state index contributed by atoms with van der Waals surface area (Å²) in [6.45, 7) is 5.66. The molecule has 0 aliphatic carbocycles. The maximum Gasteiger partial charge on any atom is 0.510 e. The maximum atomic E-state index is 11.6. The van der Waals surface area contributed by atoms with Crippen LogP contribution >= 0.6 is 0 Å². The van der Waals surface area contributed by atoms with Crippen molar-refractivity contribution in [2.45, 2.75) is 59.1 Å². The van der Waals surface area contributed by atoms with Crippen LogP contribution in [0.1, 0.15) is 52.9 Å². The van der Waals surface area contributed by atoms with E-state index in [2.05, 4.69) is 36.1 Å². The van der Waals surface area contributed by atoms with Crippen molar-refractivity contribution < 1.29 is 28.6 Å². The van der Waals surface area contributed by atoms with Crippen LogP contribution in [0.3, 0.4) is 0 Å². The van der Waals surface area contributed by atoms with E-state index in [1.165, 1.54) is 14.0 Å². The summed E-state index contributed by atoms with van der Waals surface area (Å²) in [4.78, 5) is 33.9. The Morgan fingerprint density at radius 1 is 1.17 bits per heavy atom. The summed E-state index contributed by atoms with van der Waals surface area (Å²) >= 11 is 0. The van der Waals surface area contributed by atoms with Crippen LogP contribution in [-0.4, -0.2) is 38.0 Å². The van der Waals surface area contributed by atoms with Crippen molar-refractivity contribution in [3.63, 3.8) is 0 Å². The van der Waals surface area contributed by atoms with Crippen molar-refractivity contribution >= 4 is 18.0 Å². The molecule has 0 saturated carbocycles. The summed E-state index contributed by atoms with van der Waals surface area (Å²) in [6, 6.07) is 0. The molecular weight excluding hydrogens is 314 g/mol. The van der Waals surface area contributed by atoms with E-state index in [1.54, 1.807) is 0 Å². The first kappa shape index (κ1) is 21.9. The molecule has 1 amide bonds. The molecule has 24 heavy (non-hydrogen) atoms. The number of methoxy groups -OCH3 is 1. The lowest BCUT2D eigenvalue weighted by atomic mass is 10.0. The second-order valence-corrected chi connectivity index (χ2v) is 5.54. The third kappa shape index (κ3) is 12.5. The first-order valence-electron chi connectivity index (χ1n) is 8.21. The number of hydrogen-bond acceptors (Lipinski definition) is 6. The first-order chi connectivity index (χ1) is 11.4. The number of rotatable bonds is 11. The Bertz CT molecular complexity index is 421. The van der Waals surface area contributed by atoms with Crippen molar-refractivity contribution in [1.82, 2.24) is 5.32 Å². The second kappa shape index (κ2) is 13.4. The van der Waals surface area contributed by atoms with Gasteiger partial charge in [-0.2, -0.15) is 0 Å². The highest BCUT2D eigenvalue weighted by molar-refractivity contribution is 5.75. The number of amides is 1. The number of ether oxygens (including phenoxy) is 3. The molecule has 1 N–H and O–H groups in total. The van der Waals surface area contributed by atoms with Gasteiger partial charge < -0.3 is 19.5 Å². The van der Waals surface area contributed by atoms with E-state index in [9.17, 15) is 14.4 Å². The fourth-order valence-corrected chi connectivity index (χ4v) is 1.89. The van der Waals surface area contributed by atoms with Gasteiger partial charge in [-0.05, 0) is 31.6 Å². The monoisotopic (exact) mass is 343 g/mol. The third-order valence-corrected chi connectivity index (χ3v) is 3.24. The normalized spacial score (nSPS) is 13.2. The minimum Gasteiger partial charge on any atom is -0.469 e. The molecule has 0 bridgehead atoms. The Kier molecular flexibility index (Phi) is 12.3. The molecule has 7 nitrogen and oxygen atoms in total. The Balaban J connectivity index is 4.08. The lowest BCUT2D eigenvalue weighted by Gasteiger charge is -2.17. The number of allylic oxidation sites excluding steroid dienone is 2. The van der Waals surface area contributed by atoms with Crippen molar-refractivity contribution in [2.24, 2.45) is 5.92 Å². The molecule has 0 heterocycles. The zero-order valence-electron chi connectivity index (χ0n) is 15.0. The largest absolute Gasteiger partial charge is 0.510 e. The molecule has 7 heteroatoms. The molecule has 138 valence electrons. The van der Waals surface area contributed by atoms with Crippen LogP contribution in [0.15, 0.2) is 12.2 Å². The van der Waals surface area contributed by atoms with Gasteiger partial charge in [-0.1, -0.05) is 26.0 Å². The Hall–Kier alpha value is -2.05. The van der Waals surface area contributed by atoms with Gasteiger partial charge in [0.2, 0.25) is 5.91 Å². The Labute approximate surface area is 143 Å². The molecular formula is C17H29NO6. The minimum atomic E-state index is -1.10. The molecule has 0 aliphatic rings. The number of carbonyl (C=O) groups is 3. The first-order valence-corrected chi connectivity index (χ1v) is 8.21. The number of hydrogen-bond donors (Lipinski definition) is 1. The predicted molar refractivity (Wildman–Crippen MR) is 89.1 cm³/mol. The van der Waals surface area contributed by atoms with Crippen molar-refractivity contribution in [2.75, 3.05) is 13.7 Å². The van der Waals surface area contributed by atoms with Gasteiger partial charge >= 0.3 is 12.1 Å². The van der Waals surface area contributed by atoms with Crippen molar-refractivity contribution in [3.8, 4) is 0 Å². The van der Waals surface area contributed by atoms with Crippen molar-refractivity contribution in [3.05, 3.63) is 12.2 Å². The summed E-state index contributed by atoms with van der Waals surface area (Å²) in [5.74, 6) is -0.610. The molecule has 0 aromatic heterocycles. The van der Waals surface area contributed by atoms with E-state index in [1.807, 2.05) is 0 Å². The minimum absolute atomic E-state index is 0.225. The highest BCUT2D eigenvalue weighted by Crippen LogP contribution is 2.11. The molecule has 0 spiro atoms. The van der Waals surface area contributed by atoms with Gasteiger partial charge in [-0.3, -0.25) is 9.59 Å². The predicted octanol–water partition coefficient (Wildman–Crippen LogP) is 2.94. The van der Waals surface area contributed by atoms with Gasteiger partial charge in [0.1, 0.15) is 6.42 Å². The standard InChI is InChI=1S/C17H29NO6/c1-5-6-7-8-9-13(2)10-11-23-17(21)24-15(18-14(3)19)12-16(20)22-4/h6-7,13,15H,5,8-12H2,1-4H3,(H,18,19). The van der Waals surface area contributed by atoms with Gasteiger partial charge in [-0.25, -0.2) is 4.79 Å². The molecule has 0 aromatic rings. The third-order valence-electron chi connectivity index (χ3n) is 3.24. The number of esters is 1. The average Bonchev–Trinajstić information content (AvgIpc) is 2.50. The highest BCUT2D eigenvalue weighted by atomic mass is 16.7. The lowest BCUT2D eigenvalue weighted by molar-refractivity contribution is -0.144. The number of carbonyl (C=O) groups excluding carboxylic acids is 3. The average molecular weight is 343 g/mol. The molecule has 0 saturated heterocycles. The fraction of sp³-hybridized carbons (Fsp3) is 0.706. The van der Waals surface area contributed by atoms with Crippen LogP contribution in [0, 0.1) is 5.92 Å².